The minimum atomic E-state index is 0.303. The summed E-state index contributed by atoms with van der Waals surface area (Å²) >= 11 is 1.82. The topological polar surface area (TPSA) is 21.3 Å². The third-order valence-electron chi connectivity index (χ3n) is 3.45. The van der Waals surface area contributed by atoms with Crippen LogP contribution in [-0.2, 0) is 0 Å². The van der Waals surface area contributed by atoms with Gasteiger partial charge in [0.05, 0.1) is 6.04 Å². The summed E-state index contributed by atoms with van der Waals surface area (Å²) in [6.45, 7) is 5.12. The van der Waals surface area contributed by atoms with E-state index in [4.69, 9.17) is 4.74 Å². The quantitative estimate of drug-likeness (QED) is 0.904. The van der Waals surface area contributed by atoms with Gasteiger partial charge in [0.1, 0.15) is 12.4 Å². The van der Waals surface area contributed by atoms with Gasteiger partial charge in [0.2, 0.25) is 0 Å². The van der Waals surface area contributed by atoms with E-state index >= 15 is 0 Å². The molecule has 2 nitrogen and oxygen atoms in total. The average molecular weight is 259 g/mol. The molecule has 2 aromatic rings. The molecule has 1 aromatic heterocycles. The Morgan fingerprint density at radius 2 is 2.17 bits per heavy atom. The summed E-state index contributed by atoms with van der Waals surface area (Å²) in [7, 11) is 0. The van der Waals surface area contributed by atoms with Gasteiger partial charge in [-0.05, 0) is 36.9 Å². The maximum Gasteiger partial charge on any atom is 0.124 e. The van der Waals surface area contributed by atoms with Crippen molar-refractivity contribution >= 4 is 11.3 Å². The molecule has 2 unspecified atom stereocenters. The second kappa shape index (κ2) is 4.75. The number of aryl methyl sites for hydroxylation is 1. The van der Waals surface area contributed by atoms with Crippen LogP contribution >= 0.6 is 11.3 Å². The van der Waals surface area contributed by atoms with Crippen LogP contribution in [0.4, 0.5) is 0 Å². The predicted octanol–water partition coefficient (Wildman–Crippen LogP) is 3.84. The first-order valence-corrected chi connectivity index (χ1v) is 7.15. The van der Waals surface area contributed by atoms with Gasteiger partial charge in [0.15, 0.2) is 0 Å². The zero-order valence-electron chi connectivity index (χ0n) is 10.6. The molecule has 1 aliphatic heterocycles. The second-order valence-electron chi connectivity index (χ2n) is 4.76. The normalized spacial score (nSPS) is 19.3. The van der Waals surface area contributed by atoms with Crippen LogP contribution in [-0.4, -0.2) is 6.61 Å². The first-order valence-electron chi connectivity index (χ1n) is 6.27. The molecule has 1 aromatic carbocycles. The van der Waals surface area contributed by atoms with Crippen molar-refractivity contribution in [2.75, 3.05) is 6.61 Å². The Hall–Kier alpha value is -1.32. The molecule has 0 aliphatic carbocycles. The van der Waals surface area contributed by atoms with Crippen molar-refractivity contribution in [1.82, 2.24) is 5.32 Å². The van der Waals surface area contributed by atoms with E-state index in [1.165, 1.54) is 16.0 Å². The lowest BCUT2D eigenvalue weighted by atomic mass is 10.1. The Morgan fingerprint density at radius 3 is 2.94 bits per heavy atom. The van der Waals surface area contributed by atoms with Crippen molar-refractivity contribution in [2.45, 2.75) is 25.9 Å². The van der Waals surface area contributed by atoms with Gasteiger partial charge >= 0.3 is 0 Å². The number of hydrogen-bond acceptors (Lipinski definition) is 3. The molecule has 0 radical (unpaired) electrons. The van der Waals surface area contributed by atoms with Crippen LogP contribution in [0.3, 0.4) is 0 Å². The minimum absolute atomic E-state index is 0.303. The highest BCUT2D eigenvalue weighted by Crippen LogP contribution is 2.34. The highest BCUT2D eigenvalue weighted by atomic mass is 32.1. The number of thiophene rings is 1. The summed E-state index contributed by atoms with van der Waals surface area (Å²) < 4.78 is 5.70. The fourth-order valence-electron chi connectivity index (χ4n) is 2.51. The number of para-hydroxylation sites is 1. The molecule has 2 atom stereocenters. The lowest BCUT2D eigenvalue weighted by Crippen LogP contribution is -2.25. The molecule has 0 spiro atoms. The molecule has 18 heavy (non-hydrogen) atoms. The van der Waals surface area contributed by atoms with E-state index in [0.717, 1.165) is 12.4 Å². The number of ether oxygens (including phenoxy) is 1. The van der Waals surface area contributed by atoms with Crippen molar-refractivity contribution in [2.24, 2.45) is 0 Å². The Labute approximate surface area is 112 Å². The molecule has 0 saturated heterocycles. The lowest BCUT2D eigenvalue weighted by molar-refractivity contribution is 0.301. The highest BCUT2D eigenvalue weighted by Gasteiger charge is 2.25. The Balaban J connectivity index is 1.77. The minimum Gasteiger partial charge on any atom is -0.491 e. The summed E-state index contributed by atoms with van der Waals surface area (Å²) in [6, 6.07) is 11.1. The predicted molar refractivity (Wildman–Crippen MR) is 75.3 cm³/mol. The third-order valence-corrected chi connectivity index (χ3v) is 4.65. The van der Waals surface area contributed by atoms with E-state index in [0.29, 0.717) is 12.1 Å². The van der Waals surface area contributed by atoms with Gasteiger partial charge in [-0.1, -0.05) is 18.2 Å². The molecule has 0 saturated carbocycles. The van der Waals surface area contributed by atoms with E-state index < -0.39 is 0 Å². The van der Waals surface area contributed by atoms with Crippen LogP contribution in [0.2, 0.25) is 0 Å². The van der Waals surface area contributed by atoms with Crippen molar-refractivity contribution in [1.29, 1.82) is 0 Å². The number of rotatable bonds is 3. The van der Waals surface area contributed by atoms with Crippen LogP contribution in [0.25, 0.3) is 0 Å². The number of fused-ring (bicyclic) bond motifs is 1. The molecular formula is C15H17NOS. The number of nitrogens with one attached hydrogen (secondary N) is 1. The smallest absolute Gasteiger partial charge is 0.124 e. The maximum atomic E-state index is 5.70. The van der Waals surface area contributed by atoms with Crippen molar-refractivity contribution < 1.29 is 4.74 Å². The largest absolute Gasteiger partial charge is 0.491 e. The van der Waals surface area contributed by atoms with Crippen molar-refractivity contribution in [3.63, 3.8) is 0 Å². The first-order chi connectivity index (χ1) is 8.75. The van der Waals surface area contributed by atoms with Crippen LogP contribution in [0.5, 0.6) is 5.75 Å². The summed E-state index contributed by atoms with van der Waals surface area (Å²) in [5, 5.41) is 5.82. The summed E-state index contributed by atoms with van der Waals surface area (Å²) in [5.74, 6) is 1.02. The fraction of sp³-hybridized carbons (Fsp3) is 0.333. The van der Waals surface area contributed by atoms with E-state index in [9.17, 15) is 0 Å². The fourth-order valence-corrected chi connectivity index (χ4v) is 3.45. The Kier molecular flexibility index (Phi) is 3.10. The van der Waals surface area contributed by atoms with Gasteiger partial charge in [-0.3, -0.25) is 5.32 Å². The van der Waals surface area contributed by atoms with Gasteiger partial charge in [-0.2, -0.15) is 0 Å². The monoisotopic (exact) mass is 259 g/mol. The SMILES string of the molecule is Cc1ccsc1C(C)NC1COc2ccccc21. The van der Waals surface area contributed by atoms with Crippen molar-refractivity contribution in [3.05, 3.63) is 51.7 Å². The zero-order valence-corrected chi connectivity index (χ0v) is 11.5. The van der Waals surface area contributed by atoms with E-state index in [2.05, 4.69) is 42.7 Å². The zero-order chi connectivity index (χ0) is 12.5. The molecule has 1 N–H and O–H groups in total. The van der Waals surface area contributed by atoms with Crippen LogP contribution in [0, 0.1) is 6.92 Å². The summed E-state index contributed by atoms with van der Waals surface area (Å²) in [6.07, 6.45) is 0. The number of benzene rings is 1. The van der Waals surface area contributed by atoms with E-state index in [1.807, 2.05) is 23.5 Å². The Morgan fingerprint density at radius 1 is 1.33 bits per heavy atom. The van der Waals surface area contributed by atoms with Gasteiger partial charge in [0.25, 0.3) is 0 Å². The van der Waals surface area contributed by atoms with Gasteiger partial charge in [-0.25, -0.2) is 0 Å². The highest BCUT2D eigenvalue weighted by molar-refractivity contribution is 7.10. The number of hydrogen-bond donors (Lipinski definition) is 1. The van der Waals surface area contributed by atoms with Crippen molar-refractivity contribution in [3.8, 4) is 5.75 Å². The molecule has 3 rings (SSSR count). The molecule has 0 bridgehead atoms. The molecule has 3 heteroatoms. The Bertz CT molecular complexity index is 549. The first kappa shape index (κ1) is 11.8. The molecular weight excluding hydrogens is 242 g/mol. The van der Waals surface area contributed by atoms with E-state index in [1.54, 1.807) is 0 Å². The standard InChI is InChI=1S/C15H17NOS/c1-10-7-8-18-15(10)11(2)16-13-9-17-14-6-4-3-5-12(13)14/h3-8,11,13,16H,9H2,1-2H3. The maximum absolute atomic E-state index is 5.70. The second-order valence-corrected chi connectivity index (χ2v) is 5.71. The summed E-state index contributed by atoms with van der Waals surface area (Å²) in [4.78, 5) is 1.42. The van der Waals surface area contributed by atoms with Crippen LogP contribution in [0.15, 0.2) is 35.7 Å². The van der Waals surface area contributed by atoms with E-state index in [-0.39, 0.29) is 0 Å². The molecule has 0 amide bonds. The molecule has 1 aliphatic rings. The molecule has 94 valence electrons. The average Bonchev–Trinajstić information content (AvgIpc) is 2.97. The van der Waals surface area contributed by atoms with Gasteiger partial charge < -0.3 is 4.74 Å². The van der Waals surface area contributed by atoms with Crippen LogP contribution < -0.4 is 10.1 Å². The van der Waals surface area contributed by atoms with Gasteiger partial charge in [0, 0.05) is 16.5 Å². The van der Waals surface area contributed by atoms with Gasteiger partial charge in [-0.15, -0.1) is 11.3 Å². The van der Waals surface area contributed by atoms with Crippen LogP contribution in [0.1, 0.15) is 35.0 Å². The molecule has 2 heterocycles. The molecule has 0 fully saturated rings. The lowest BCUT2D eigenvalue weighted by Gasteiger charge is -2.18. The third kappa shape index (κ3) is 2.04. The summed E-state index contributed by atoms with van der Waals surface area (Å²) in [5.41, 5.74) is 2.64.